The number of carbonyl (C=O) groups excluding carboxylic acids is 1. The van der Waals surface area contributed by atoms with E-state index in [-0.39, 0.29) is 19.6 Å². The molecule has 0 aliphatic rings. The molecule has 0 aromatic heterocycles. The van der Waals surface area contributed by atoms with E-state index in [1.54, 1.807) is 0 Å². The van der Waals surface area contributed by atoms with Crippen molar-refractivity contribution in [1.82, 2.24) is 5.32 Å². The van der Waals surface area contributed by atoms with Gasteiger partial charge in [-0.15, -0.1) is 0 Å². The van der Waals surface area contributed by atoms with Gasteiger partial charge in [0.2, 0.25) is 0 Å². The van der Waals surface area contributed by atoms with Crippen molar-refractivity contribution >= 4 is 5.97 Å². The Bertz CT molecular complexity index is 234. The number of halogens is 3. The minimum absolute atomic E-state index is 0.0412. The lowest BCUT2D eigenvalue weighted by Gasteiger charge is -2.15. The maximum absolute atomic E-state index is 11.8. The molecule has 0 aliphatic heterocycles. The molecular formula is C11H20F3NO3. The smallest absolute Gasteiger partial charge is 0.389 e. The summed E-state index contributed by atoms with van der Waals surface area (Å²) in [6.07, 6.45) is -4.66. The molecule has 0 saturated carbocycles. The Kier molecular flexibility index (Phi) is 8.74. The number of likely N-dealkylation sites (N-methyl/N-ethyl adjacent to an activating group) is 1. The fourth-order valence-corrected chi connectivity index (χ4v) is 1.37. The molecule has 1 atom stereocenters. The molecule has 18 heavy (non-hydrogen) atoms. The molecule has 108 valence electrons. The van der Waals surface area contributed by atoms with E-state index in [1.807, 2.05) is 6.92 Å². The first-order valence-electron chi connectivity index (χ1n) is 5.86. The Labute approximate surface area is 105 Å². The molecule has 7 heteroatoms. The molecule has 0 amide bonds. The Morgan fingerprint density at radius 1 is 1.33 bits per heavy atom. The minimum atomic E-state index is -4.14. The standard InChI is InChI=1S/C11H20F3NO3/c1-3-15-9(10(16)17-2)5-8-18-7-4-6-11(12,13)14/h9,15H,3-8H2,1-2H3. The highest BCUT2D eigenvalue weighted by molar-refractivity contribution is 5.75. The molecule has 0 aromatic rings. The van der Waals surface area contributed by atoms with Crippen LogP contribution >= 0.6 is 0 Å². The maximum atomic E-state index is 11.8. The van der Waals surface area contributed by atoms with Crippen molar-refractivity contribution in [2.45, 2.75) is 38.4 Å². The van der Waals surface area contributed by atoms with Gasteiger partial charge in [-0.2, -0.15) is 13.2 Å². The van der Waals surface area contributed by atoms with Crippen molar-refractivity contribution < 1.29 is 27.4 Å². The van der Waals surface area contributed by atoms with Gasteiger partial charge in [0.1, 0.15) is 6.04 Å². The third-order valence-corrected chi connectivity index (χ3v) is 2.24. The zero-order valence-electron chi connectivity index (χ0n) is 10.7. The number of methoxy groups -OCH3 is 1. The van der Waals surface area contributed by atoms with E-state index in [0.29, 0.717) is 13.0 Å². The van der Waals surface area contributed by atoms with Crippen molar-refractivity contribution in [3.8, 4) is 0 Å². The lowest BCUT2D eigenvalue weighted by molar-refractivity contribution is -0.143. The predicted octanol–water partition coefficient (Wildman–Crippen LogP) is 1.89. The van der Waals surface area contributed by atoms with Crippen LogP contribution in [-0.2, 0) is 14.3 Å². The number of rotatable bonds is 9. The summed E-state index contributed by atoms with van der Waals surface area (Å²) >= 11 is 0. The number of hydrogen-bond donors (Lipinski definition) is 1. The Morgan fingerprint density at radius 3 is 2.50 bits per heavy atom. The highest BCUT2D eigenvalue weighted by Crippen LogP contribution is 2.20. The number of ether oxygens (including phenoxy) is 2. The van der Waals surface area contributed by atoms with Crippen LogP contribution in [0.15, 0.2) is 0 Å². The van der Waals surface area contributed by atoms with E-state index in [9.17, 15) is 18.0 Å². The van der Waals surface area contributed by atoms with Crippen molar-refractivity contribution in [2.24, 2.45) is 0 Å². The summed E-state index contributed by atoms with van der Waals surface area (Å²) < 4.78 is 45.1. The van der Waals surface area contributed by atoms with Crippen molar-refractivity contribution in [3.05, 3.63) is 0 Å². The molecule has 0 heterocycles. The molecule has 0 bridgehead atoms. The summed E-state index contributed by atoms with van der Waals surface area (Å²) in [6, 6.07) is -0.470. The van der Waals surface area contributed by atoms with E-state index >= 15 is 0 Å². The van der Waals surface area contributed by atoms with Crippen molar-refractivity contribution in [3.63, 3.8) is 0 Å². The first kappa shape index (κ1) is 17.2. The van der Waals surface area contributed by atoms with Gasteiger partial charge in [0.05, 0.1) is 7.11 Å². The van der Waals surface area contributed by atoms with E-state index in [4.69, 9.17) is 4.74 Å². The van der Waals surface area contributed by atoms with Crippen LogP contribution in [-0.4, -0.2) is 45.1 Å². The molecule has 0 radical (unpaired) electrons. The zero-order valence-corrected chi connectivity index (χ0v) is 10.7. The van der Waals surface area contributed by atoms with E-state index in [1.165, 1.54) is 7.11 Å². The summed E-state index contributed by atoms with van der Waals surface area (Å²) in [4.78, 5) is 11.3. The molecule has 0 aromatic carbocycles. The molecular weight excluding hydrogens is 251 g/mol. The number of nitrogens with one attached hydrogen (secondary N) is 1. The summed E-state index contributed by atoms with van der Waals surface area (Å²) in [5, 5.41) is 2.91. The second kappa shape index (κ2) is 9.16. The average molecular weight is 271 g/mol. The molecule has 0 rings (SSSR count). The van der Waals surface area contributed by atoms with Gasteiger partial charge in [-0.05, 0) is 19.4 Å². The first-order chi connectivity index (χ1) is 8.40. The van der Waals surface area contributed by atoms with E-state index in [0.717, 1.165) is 0 Å². The topological polar surface area (TPSA) is 47.6 Å². The quantitative estimate of drug-likeness (QED) is 0.514. The summed E-state index contributed by atoms with van der Waals surface area (Å²) in [5.74, 6) is -0.393. The van der Waals surface area contributed by atoms with Crippen LogP contribution in [0.2, 0.25) is 0 Å². The highest BCUT2D eigenvalue weighted by atomic mass is 19.4. The molecule has 1 unspecified atom stereocenters. The first-order valence-corrected chi connectivity index (χ1v) is 5.86. The molecule has 0 fully saturated rings. The third kappa shape index (κ3) is 9.23. The Hall–Kier alpha value is -0.820. The molecule has 4 nitrogen and oxygen atoms in total. The Balaban J connectivity index is 3.64. The number of carbonyl (C=O) groups is 1. The Morgan fingerprint density at radius 2 is 2.00 bits per heavy atom. The monoisotopic (exact) mass is 271 g/mol. The second-order valence-electron chi connectivity index (χ2n) is 3.75. The fourth-order valence-electron chi connectivity index (χ4n) is 1.37. The minimum Gasteiger partial charge on any atom is -0.468 e. The molecule has 0 spiro atoms. The largest absolute Gasteiger partial charge is 0.468 e. The van der Waals surface area contributed by atoms with Crippen LogP contribution in [0.1, 0.15) is 26.2 Å². The van der Waals surface area contributed by atoms with Crippen LogP contribution in [0.4, 0.5) is 13.2 Å². The van der Waals surface area contributed by atoms with Crippen LogP contribution in [0, 0.1) is 0 Å². The number of alkyl halides is 3. The van der Waals surface area contributed by atoms with Gasteiger partial charge in [-0.3, -0.25) is 4.79 Å². The van der Waals surface area contributed by atoms with Crippen molar-refractivity contribution in [1.29, 1.82) is 0 Å². The van der Waals surface area contributed by atoms with Gasteiger partial charge in [-0.1, -0.05) is 6.92 Å². The van der Waals surface area contributed by atoms with Gasteiger partial charge < -0.3 is 14.8 Å². The van der Waals surface area contributed by atoms with E-state index < -0.39 is 24.6 Å². The highest BCUT2D eigenvalue weighted by Gasteiger charge is 2.26. The third-order valence-electron chi connectivity index (χ3n) is 2.24. The molecule has 0 aliphatic carbocycles. The van der Waals surface area contributed by atoms with Gasteiger partial charge >= 0.3 is 12.1 Å². The zero-order chi connectivity index (χ0) is 14.0. The van der Waals surface area contributed by atoms with Gasteiger partial charge in [0, 0.05) is 19.6 Å². The van der Waals surface area contributed by atoms with Gasteiger partial charge in [-0.25, -0.2) is 0 Å². The summed E-state index contributed by atoms with van der Waals surface area (Å²) in [7, 11) is 1.29. The van der Waals surface area contributed by atoms with Gasteiger partial charge in [0.15, 0.2) is 0 Å². The number of hydrogen-bond acceptors (Lipinski definition) is 4. The SMILES string of the molecule is CCNC(CCOCCCC(F)(F)F)C(=O)OC. The molecule has 1 N–H and O–H groups in total. The lowest BCUT2D eigenvalue weighted by Crippen LogP contribution is -2.38. The van der Waals surface area contributed by atoms with E-state index in [2.05, 4.69) is 10.1 Å². The maximum Gasteiger partial charge on any atom is 0.389 e. The fraction of sp³-hybridized carbons (Fsp3) is 0.909. The summed E-state index contributed by atoms with van der Waals surface area (Å²) in [6.45, 7) is 2.72. The normalized spacial score (nSPS) is 13.4. The van der Waals surface area contributed by atoms with Crippen LogP contribution in [0.25, 0.3) is 0 Å². The lowest BCUT2D eigenvalue weighted by atomic mass is 10.2. The predicted molar refractivity (Wildman–Crippen MR) is 60.2 cm³/mol. The van der Waals surface area contributed by atoms with Gasteiger partial charge in [0.25, 0.3) is 0 Å². The molecule has 0 saturated heterocycles. The van der Waals surface area contributed by atoms with Crippen LogP contribution in [0.3, 0.4) is 0 Å². The van der Waals surface area contributed by atoms with Crippen LogP contribution < -0.4 is 5.32 Å². The number of esters is 1. The second-order valence-corrected chi connectivity index (χ2v) is 3.75. The summed E-state index contributed by atoms with van der Waals surface area (Å²) in [5.41, 5.74) is 0. The van der Waals surface area contributed by atoms with Crippen molar-refractivity contribution in [2.75, 3.05) is 26.9 Å². The van der Waals surface area contributed by atoms with Crippen LogP contribution in [0.5, 0.6) is 0 Å². The average Bonchev–Trinajstić information content (AvgIpc) is 2.29.